The normalized spacial score (nSPS) is 13.2. The number of halogens is 1. The summed E-state index contributed by atoms with van der Waals surface area (Å²) in [6, 6.07) is 40.2. The number of carbonyl (C=O) groups is 2. The van der Waals surface area contributed by atoms with Crippen molar-refractivity contribution in [2.24, 2.45) is 7.05 Å². The van der Waals surface area contributed by atoms with Crippen molar-refractivity contribution in [1.82, 2.24) is 24.2 Å². The molecule has 0 radical (unpaired) electrons. The van der Waals surface area contributed by atoms with Gasteiger partial charge in [-0.1, -0.05) is 78.9 Å². The van der Waals surface area contributed by atoms with Crippen molar-refractivity contribution in [1.29, 1.82) is 0 Å². The summed E-state index contributed by atoms with van der Waals surface area (Å²) in [7, 11) is -2.73. The first-order chi connectivity index (χ1) is 30.9. The number of aryl methyl sites for hydroxylation is 1. The molecule has 6 aromatic carbocycles. The minimum absolute atomic E-state index is 0.0148. The van der Waals surface area contributed by atoms with Crippen LogP contribution in [-0.4, -0.2) is 40.9 Å². The van der Waals surface area contributed by atoms with Crippen molar-refractivity contribution in [3.05, 3.63) is 188 Å². The van der Waals surface area contributed by atoms with Crippen molar-refractivity contribution in [3.8, 4) is 17.3 Å². The first-order valence-electron chi connectivity index (χ1n) is 19.9. The van der Waals surface area contributed by atoms with Crippen molar-refractivity contribution < 1.29 is 31.9 Å². The molecule has 0 atom stereocenters. The molecule has 0 unspecified atom stereocenters. The number of ether oxygens (including phenoxy) is 2. The highest BCUT2D eigenvalue weighted by Gasteiger charge is 2.38. The van der Waals surface area contributed by atoms with Crippen LogP contribution in [0.15, 0.2) is 149 Å². The van der Waals surface area contributed by atoms with Crippen LogP contribution in [0.2, 0.25) is 0 Å². The van der Waals surface area contributed by atoms with Crippen molar-refractivity contribution in [3.63, 3.8) is 0 Å². The van der Waals surface area contributed by atoms with Gasteiger partial charge < -0.3 is 20.1 Å². The third-order valence-electron chi connectivity index (χ3n) is 10.7. The summed E-state index contributed by atoms with van der Waals surface area (Å²) in [6.07, 6.45) is 0. The number of fused-ring (bicyclic) bond motifs is 2. The summed E-state index contributed by atoms with van der Waals surface area (Å²) in [4.78, 5) is 54.8. The Morgan fingerprint density at radius 3 is 2.11 bits per heavy atom. The third-order valence-corrected chi connectivity index (χ3v) is 12.1. The minimum atomic E-state index is -4.37. The Hall–Kier alpha value is -8.18. The second kappa shape index (κ2) is 16.9. The van der Waals surface area contributed by atoms with Crippen LogP contribution in [-0.2, 0) is 41.8 Å². The zero-order chi connectivity index (χ0) is 44.5. The largest absolute Gasteiger partial charge is 0.487 e. The fourth-order valence-electron chi connectivity index (χ4n) is 7.44. The molecular weight excluding hydrogens is 842 g/mol. The number of carbonyl (C=O) groups excluding carboxylic acids is 2. The lowest BCUT2D eigenvalue weighted by atomic mass is 10.0. The molecule has 15 nitrogen and oxygen atoms in total. The zero-order valence-corrected chi connectivity index (χ0v) is 34.8. The molecule has 64 heavy (non-hydrogen) atoms. The Morgan fingerprint density at radius 1 is 0.750 bits per heavy atom. The third kappa shape index (κ3) is 8.26. The van der Waals surface area contributed by atoms with Gasteiger partial charge in [0.2, 0.25) is 0 Å². The van der Waals surface area contributed by atoms with Gasteiger partial charge in [0.15, 0.2) is 11.7 Å². The molecule has 1 fully saturated rings. The SMILES string of the molecule is Cn1c(=O)n(-c2ccc(OCc3ccccc3)[nH]c2=O)c2ccc(Nc3ccc(CNC(=O)c4ccc5c(F)c(N6CC(=O)NS6(=O)=O)c(OCc6ccccc6)cc5c4)cc3)cc21. The van der Waals surface area contributed by atoms with E-state index in [4.69, 9.17) is 9.47 Å². The van der Waals surface area contributed by atoms with Gasteiger partial charge in [0.1, 0.15) is 36.9 Å². The Morgan fingerprint density at radius 2 is 1.44 bits per heavy atom. The van der Waals surface area contributed by atoms with Gasteiger partial charge in [-0.2, -0.15) is 8.42 Å². The Kier molecular flexibility index (Phi) is 10.9. The average Bonchev–Trinajstić information content (AvgIpc) is 3.72. The number of aromatic nitrogens is 3. The summed E-state index contributed by atoms with van der Waals surface area (Å²) in [5, 5.41) is 6.53. The molecule has 0 spiro atoms. The van der Waals surface area contributed by atoms with E-state index in [1.807, 2.05) is 71.5 Å². The van der Waals surface area contributed by atoms with E-state index in [-0.39, 0.29) is 53.4 Å². The van der Waals surface area contributed by atoms with Crippen LogP contribution >= 0.6 is 0 Å². The molecule has 1 aliphatic heterocycles. The molecule has 9 rings (SSSR count). The Bertz CT molecular complexity index is 3340. The van der Waals surface area contributed by atoms with Crippen LogP contribution in [0.5, 0.6) is 11.6 Å². The summed E-state index contributed by atoms with van der Waals surface area (Å²) in [6.45, 7) is -0.190. The fraction of sp³-hybridized carbons (Fsp3) is 0.106. The summed E-state index contributed by atoms with van der Waals surface area (Å²) < 4.78 is 58.8. The number of amides is 2. The molecule has 1 saturated heterocycles. The van der Waals surface area contributed by atoms with E-state index in [0.717, 1.165) is 22.4 Å². The molecule has 3 heterocycles. The number of rotatable bonds is 13. The number of benzene rings is 6. The van der Waals surface area contributed by atoms with Crippen LogP contribution in [0.1, 0.15) is 27.0 Å². The van der Waals surface area contributed by atoms with E-state index < -0.39 is 51.3 Å². The molecule has 2 aromatic heterocycles. The van der Waals surface area contributed by atoms with E-state index in [2.05, 4.69) is 15.6 Å². The smallest absolute Gasteiger partial charge is 0.333 e. The van der Waals surface area contributed by atoms with Gasteiger partial charge in [-0.15, -0.1) is 0 Å². The summed E-state index contributed by atoms with van der Waals surface area (Å²) in [5.41, 5.74) is 4.15. The first kappa shape index (κ1) is 41.2. The Balaban J connectivity index is 0.876. The van der Waals surface area contributed by atoms with Crippen molar-refractivity contribution in [2.75, 3.05) is 16.2 Å². The number of nitrogens with zero attached hydrogens (tertiary/aromatic N) is 3. The highest BCUT2D eigenvalue weighted by Crippen LogP contribution is 2.40. The lowest BCUT2D eigenvalue weighted by Gasteiger charge is -2.21. The van der Waals surface area contributed by atoms with Gasteiger partial charge in [-0.3, -0.25) is 28.5 Å². The standard InChI is InChI=1S/C47H38FN7O8S/c1-53-39-24-35(17-19-37(39)55(47(53)59)38-20-21-42(51-46(38)58)63-28-31-10-6-3-7-11-31)50-34-15-12-29(13-16-34)25-49-45(57)32-14-18-36-33(22-32)23-40(62-27-30-8-4-2-5-9-30)44(43(36)48)54-26-41(56)52-64(54,60)61/h2-24,50H,25-28H2,1H3,(H,49,57)(H,51,58)(H,52,56). The van der Waals surface area contributed by atoms with Crippen LogP contribution in [0.4, 0.5) is 21.5 Å². The fourth-order valence-corrected chi connectivity index (χ4v) is 8.60. The van der Waals surface area contributed by atoms with E-state index in [9.17, 15) is 27.6 Å². The number of pyridine rings is 1. The van der Waals surface area contributed by atoms with E-state index >= 15 is 4.39 Å². The maximum atomic E-state index is 16.2. The molecule has 0 bridgehead atoms. The van der Waals surface area contributed by atoms with Crippen LogP contribution in [0.3, 0.4) is 0 Å². The highest BCUT2D eigenvalue weighted by atomic mass is 32.2. The summed E-state index contributed by atoms with van der Waals surface area (Å²) in [5.74, 6) is -2.01. The second-order valence-corrected chi connectivity index (χ2v) is 16.6. The molecule has 322 valence electrons. The van der Waals surface area contributed by atoms with Gasteiger partial charge in [0.25, 0.3) is 17.4 Å². The van der Waals surface area contributed by atoms with Gasteiger partial charge >= 0.3 is 15.9 Å². The molecular formula is C47H38FN7O8S. The summed E-state index contributed by atoms with van der Waals surface area (Å²) >= 11 is 0. The lowest BCUT2D eigenvalue weighted by Crippen LogP contribution is -2.30. The van der Waals surface area contributed by atoms with E-state index in [1.165, 1.54) is 33.4 Å². The van der Waals surface area contributed by atoms with E-state index in [1.54, 1.807) is 55.6 Å². The molecule has 4 N–H and O–H groups in total. The Labute approximate surface area is 364 Å². The predicted octanol–water partition coefficient (Wildman–Crippen LogP) is 6.32. The number of nitrogens with one attached hydrogen (secondary N) is 4. The number of H-pyrrole nitrogens is 1. The first-order valence-corrected chi connectivity index (χ1v) is 21.4. The lowest BCUT2D eigenvalue weighted by molar-refractivity contribution is -0.117. The number of hydrogen-bond donors (Lipinski definition) is 4. The highest BCUT2D eigenvalue weighted by molar-refractivity contribution is 7.92. The van der Waals surface area contributed by atoms with Gasteiger partial charge in [0, 0.05) is 42.0 Å². The zero-order valence-electron chi connectivity index (χ0n) is 34.0. The molecule has 2 amide bonds. The molecule has 0 saturated carbocycles. The molecule has 0 aliphatic carbocycles. The molecule has 1 aliphatic rings. The number of imidazole rings is 1. The van der Waals surface area contributed by atoms with Crippen LogP contribution < -0.4 is 40.4 Å². The van der Waals surface area contributed by atoms with Gasteiger partial charge in [0.05, 0.1) is 11.0 Å². The van der Waals surface area contributed by atoms with Gasteiger partial charge in [-0.25, -0.2) is 18.2 Å². The topological polar surface area (TPSA) is 186 Å². The maximum absolute atomic E-state index is 16.2. The van der Waals surface area contributed by atoms with Crippen LogP contribution in [0.25, 0.3) is 27.5 Å². The number of hydrogen-bond acceptors (Lipinski definition) is 9. The number of anilines is 3. The van der Waals surface area contributed by atoms with E-state index in [0.29, 0.717) is 21.0 Å². The van der Waals surface area contributed by atoms with Crippen molar-refractivity contribution >= 4 is 60.9 Å². The van der Waals surface area contributed by atoms with Crippen LogP contribution in [0, 0.1) is 5.82 Å². The minimum Gasteiger partial charge on any atom is -0.487 e. The maximum Gasteiger partial charge on any atom is 0.333 e. The molecule has 17 heteroatoms. The number of aromatic amines is 1. The second-order valence-electron chi connectivity index (χ2n) is 15.0. The quantitative estimate of drug-likeness (QED) is 0.103. The van der Waals surface area contributed by atoms with Gasteiger partial charge in [-0.05, 0) is 76.7 Å². The monoisotopic (exact) mass is 879 g/mol. The van der Waals surface area contributed by atoms with Crippen molar-refractivity contribution in [2.45, 2.75) is 19.8 Å². The molecule has 8 aromatic rings. The predicted molar refractivity (Wildman–Crippen MR) is 240 cm³/mol. The average molecular weight is 880 g/mol.